The summed E-state index contributed by atoms with van der Waals surface area (Å²) in [5.41, 5.74) is 6.72. The Bertz CT molecular complexity index is 480. The SMILES string of the molecule is C=C(C(N)=O)c1cc2cccnc2[nH]1. The lowest BCUT2D eigenvalue weighted by Gasteiger charge is -1.94. The number of aromatic amines is 1. The Labute approximate surface area is 80.4 Å². The number of nitrogens with one attached hydrogen (secondary N) is 1. The molecule has 0 aliphatic rings. The molecule has 1 amide bonds. The van der Waals surface area contributed by atoms with Gasteiger partial charge in [-0.15, -0.1) is 0 Å². The zero-order valence-corrected chi connectivity index (χ0v) is 7.45. The van der Waals surface area contributed by atoms with Crippen molar-refractivity contribution < 1.29 is 4.79 Å². The van der Waals surface area contributed by atoms with E-state index in [0.29, 0.717) is 5.69 Å². The number of pyridine rings is 1. The summed E-state index contributed by atoms with van der Waals surface area (Å²) in [6.45, 7) is 3.59. The minimum absolute atomic E-state index is 0.267. The lowest BCUT2D eigenvalue weighted by Crippen LogP contribution is -2.11. The number of amides is 1. The van der Waals surface area contributed by atoms with Gasteiger partial charge in [0.2, 0.25) is 5.91 Å². The number of hydrogen-bond acceptors (Lipinski definition) is 2. The molecule has 4 nitrogen and oxygen atoms in total. The molecule has 0 unspecified atom stereocenters. The molecule has 0 atom stereocenters. The van der Waals surface area contributed by atoms with Crippen molar-refractivity contribution in [1.82, 2.24) is 9.97 Å². The van der Waals surface area contributed by atoms with Crippen LogP contribution < -0.4 is 5.73 Å². The first kappa shape index (κ1) is 8.50. The standard InChI is InChI=1S/C10H9N3O/c1-6(9(11)14)8-5-7-3-2-4-12-10(7)13-8/h2-5H,1H2,(H2,11,14)(H,12,13). The number of nitrogens with two attached hydrogens (primary N) is 1. The first-order valence-corrected chi connectivity index (χ1v) is 4.11. The summed E-state index contributed by atoms with van der Waals surface area (Å²) in [4.78, 5) is 17.9. The molecule has 4 heteroatoms. The molecule has 2 aromatic heterocycles. The second-order valence-electron chi connectivity index (χ2n) is 2.97. The summed E-state index contributed by atoms with van der Waals surface area (Å²) < 4.78 is 0. The Morgan fingerprint density at radius 1 is 1.57 bits per heavy atom. The molecule has 0 aliphatic carbocycles. The number of H-pyrrole nitrogens is 1. The van der Waals surface area contributed by atoms with Crippen LogP contribution >= 0.6 is 0 Å². The van der Waals surface area contributed by atoms with Crippen molar-refractivity contribution >= 4 is 22.5 Å². The maximum atomic E-state index is 10.9. The van der Waals surface area contributed by atoms with Crippen LogP contribution in [0.1, 0.15) is 5.69 Å². The lowest BCUT2D eigenvalue weighted by molar-refractivity contribution is -0.112. The van der Waals surface area contributed by atoms with Gasteiger partial charge in [0.25, 0.3) is 0 Å². The Hall–Kier alpha value is -2.10. The largest absolute Gasteiger partial charge is 0.366 e. The third-order valence-corrected chi connectivity index (χ3v) is 2.01. The Balaban J connectivity index is 2.55. The molecular weight excluding hydrogens is 178 g/mol. The molecule has 0 radical (unpaired) electrons. The van der Waals surface area contributed by atoms with Crippen molar-refractivity contribution in [3.63, 3.8) is 0 Å². The third-order valence-electron chi connectivity index (χ3n) is 2.01. The van der Waals surface area contributed by atoms with Gasteiger partial charge in [0.1, 0.15) is 5.65 Å². The highest BCUT2D eigenvalue weighted by Gasteiger charge is 2.08. The smallest absolute Gasteiger partial charge is 0.250 e. The van der Waals surface area contributed by atoms with Crippen LogP contribution in [0.3, 0.4) is 0 Å². The number of nitrogens with zero attached hydrogens (tertiary/aromatic N) is 1. The van der Waals surface area contributed by atoms with Gasteiger partial charge in [-0.05, 0) is 18.2 Å². The number of carbonyl (C=O) groups is 1. The van der Waals surface area contributed by atoms with Crippen LogP contribution in [0.2, 0.25) is 0 Å². The second kappa shape index (κ2) is 2.99. The second-order valence-corrected chi connectivity index (χ2v) is 2.97. The van der Waals surface area contributed by atoms with Gasteiger partial charge < -0.3 is 10.7 Å². The molecule has 0 aromatic carbocycles. The molecule has 3 N–H and O–H groups in total. The molecule has 2 aromatic rings. The molecule has 14 heavy (non-hydrogen) atoms. The van der Waals surface area contributed by atoms with Gasteiger partial charge in [-0.25, -0.2) is 4.98 Å². The van der Waals surface area contributed by atoms with E-state index < -0.39 is 5.91 Å². The van der Waals surface area contributed by atoms with Gasteiger partial charge in [-0.2, -0.15) is 0 Å². The normalized spacial score (nSPS) is 10.3. The van der Waals surface area contributed by atoms with Crippen molar-refractivity contribution in [2.24, 2.45) is 5.73 Å². The molecule has 0 bridgehead atoms. The zero-order valence-electron chi connectivity index (χ0n) is 7.45. The van der Waals surface area contributed by atoms with E-state index in [1.807, 2.05) is 12.1 Å². The van der Waals surface area contributed by atoms with Gasteiger partial charge in [0.15, 0.2) is 0 Å². The predicted octanol–water partition coefficient (Wildman–Crippen LogP) is 1.06. The van der Waals surface area contributed by atoms with Crippen LogP contribution in [-0.4, -0.2) is 15.9 Å². The summed E-state index contributed by atoms with van der Waals surface area (Å²) in [6.07, 6.45) is 1.68. The fourth-order valence-electron chi connectivity index (χ4n) is 1.25. The van der Waals surface area contributed by atoms with Gasteiger partial charge >= 0.3 is 0 Å². The average molecular weight is 187 g/mol. The topological polar surface area (TPSA) is 71.8 Å². The Morgan fingerprint density at radius 3 is 3.00 bits per heavy atom. The summed E-state index contributed by atoms with van der Waals surface area (Å²) in [6, 6.07) is 5.53. The molecule has 0 spiro atoms. The average Bonchev–Trinajstić information content (AvgIpc) is 2.59. The predicted molar refractivity (Wildman–Crippen MR) is 54.3 cm³/mol. The van der Waals surface area contributed by atoms with E-state index in [4.69, 9.17) is 5.73 Å². The van der Waals surface area contributed by atoms with Crippen molar-refractivity contribution in [2.75, 3.05) is 0 Å². The lowest BCUT2D eigenvalue weighted by atomic mass is 10.2. The molecule has 0 aliphatic heterocycles. The van der Waals surface area contributed by atoms with Gasteiger partial charge in [0.05, 0.1) is 11.3 Å². The minimum Gasteiger partial charge on any atom is -0.366 e. The Morgan fingerprint density at radius 2 is 2.36 bits per heavy atom. The Kier molecular flexibility index (Phi) is 1.81. The minimum atomic E-state index is -0.531. The molecule has 0 saturated heterocycles. The molecule has 70 valence electrons. The third kappa shape index (κ3) is 1.26. The number of fused-ring (bicyclic) bond motifs is 1. The monoisotopic (exact) mass is 187 g/mol. The van der Waals surface area contributed by atoms with Crippen LogP contribution in [0.15, 0.2) is 31.0 Å². The maximum Gasteiger partial charge on any atom is 0.250 e. The van der Waals surface area contributed by atoms with Crippen molar-refractivity contribution in [1.29, 1.82) is 0 Å². The van der Waals surface area contributed by atoms with Crippen LogP contribution in [0, 0.1) is 0 Å². The maximum absolute atomic E-state index is 10.9. The van der Waals surface area contributed by atoms with E-state index in [0.717, 1.165) is 11.0 Å². The first-order valence-electron chi connectivity index (χ1n) is 4.11. The highest BCUT2D eigenvalue weighted by Crippen LogP contribution is 2.17. The molecule has 0 fully saturated rings. The van der Waals surface area contributed by atoms with Crippen LogP contribution in [-0.2, 0) is 4.79 Å². The van der Waals surface area contributed by atoms with Gasteiger partial charge in [-0.1, -0.05) is 6.58 Å². The summed E-state index contributed by atoms with van der Waals surface area (Å²) in [5.74, 6) is -0.531. The molecule has 2 rings (SSSR count). The fourth-order valence-corrected chi connectivity index (χ4v) is 1.25. The number of hydrogen-bond donors (Lipinski definition) is 2. The molecule has 0 saturated carbocycles. The summed E-state index contributed by atoms with van der Waals surface area (Å²) in [5, 5.41) is 0.935. The summed E-state index contributed by atoms with van der Waals surface area (Å²) in [7, 11) is 0. The summed E-state index contributed by atoms with van der Waals surface area (Å²) >= 11 is 0. The number of primary amides is 1. The zero-order chi connectivity index (χ0) is 10.1. The van der Waals surface area contributed by atoms with E-state index in [-0.39, 0.29) is 5.57 Å². The van der Waals surface area contributed by atoms with Gasteiger partial charge in [-0.3, -0.25) is 4.79 Å². The number of rotatable bonds is 2. The number of carbonyl (C=O) groups excluding carboxylic acids is 1. The fraction of sp³-hybridized carbons (Fsp3) is 0. The van der Waals surface area contributed by atoms with Gasteiger partial charge in [0, 0.05) is 11.6 Å². The molecule has 2 heterocycles. The quantitative estimate of drug-likeness (QED) is 0.690. The van der Waals surface area contributed by atoms with Crippen molar-refractivity contribution in [3.8, 4) is 0 Å². The van der Waals surface area contributed by atoms with Crippen molar-refractivity contribution in [2.45, 2.75) is 0 Å². The van der Waals surface area contributed by atoms with E-state index >= 15 is 0 Å². The first-order chi connectivity index (χ1) is 6.68. The van der Waals surface area contributed by atoms with E-state index in [1.54, 1.807) is 12.3 Å². The van der Waals surface area contributed by atoms with E-state index in [2.05, 4.69) is 16.5 Å². The highest BCUT2D eigenvalue weighted by atomic mass is 16.1. The van der Waals surface area contributed by atoms with Crippen LogP contribution in [0.5, 0.6) is 0 Å². The van der Waals surface area contributed by atoms with Crippen LogP contribution in [0.4, 0.5) is 0 Å². The van der Waals surface area contributed by atoms with E-state index in [1.165, 1.54) is 0 Å². The van der Waals surface area contributed by atoms with Crippen LogP contribution in [0.25, 0.3) is 16.6 Å². The van der Waals surface area contributed by atoms with E-state index in [9.17, 15) is 4.79 Å². The highest BCUT2D eigenvalue weighted by molar-refractivity contribution is 6.18. The number of aromatic nitrogens is 2. The molecular formula is C10H9N3O. The van der Waals surface area contributed by atoms with Crippen molar-refractivity contribution in [3.05, 3.63) is 36.7 Å².